The van der Waals surface area contributed by atoms with Crippen LogP contribution in [0.3, 0.4) is 0 Å². The summed E-state index contributed by atoms with van der Waals surface area (Å²) in [5.41, 5.74) is 1.39. The minimum atomic E-state index is -3.51. The number of amides is 1. The van der Waals surface area contributed by atoms with E-state index < -0.39 is 9.84 Å². The molecule has 1 aliphatic rings. The van der Waals surface area contributed by atoms with Crippen LogP contribution in [0.15, 0.2) is 58.3 Å². The Morgan fingerprint density at radius 2 is 1.52 bits per heavy atom. The summed E-state index contributed by atoms with van der Waals surface area (Å²) in [5, 5.41) is 0. The van der Waals surface area contributed by atoms with Crippen LogP contribution in [0.1, 0.15) is 13.8 Å². The summed E-state index contributed by atoms with van der Waals surface area (Å²) in [5.74, 6) is 0.199. The second-order valence-corrected chi connectivity index (χ2v) is 8.44. The van der Waals surface area contributed by atoms with Crippen LogP contribution in [0, 0.1) is 5.92 Å². The molecule has 25 heavy (non-hydrogen) atoms. The molecule has 0 spiro atoms. The molecule has 1 unspecified atom stereocenters. The Hall–Kier alpha value is -2.34. The first kappa shape index (κ1) is 17.5. The SMILES string of the molecule is CC(=O)N(C)CC(C)CN1c2ccccc2S(=O)(=O)c2ccccc21. The number of carbonyl (C=O) groups is 1. The molecule has 5 nitrogen and oxygen atoms in total. The molecule has 0 radical (unpaired) electrons. The molecule has 1 atom stereocenters. The summed E-state index contributed by atoms with van der Waals surface area (Å²) in [7, 11) is -1.73. The molecule has 0 N–H and O–H groups in total. The summed E-state index contributed by atoms with van der Waals surface area (Å²) < 4.78 is 25.8. The number of fused-ring (bicyclic) bond motifs is 2. The summed E-state index contributed by atoms with van der Waals surface area (Å²) in [6, 6.07) is 14.2. The van der Waals surface area contributed by atoms with Crippen molar-refractivity contribution in [3.05, 3.63) is 48.5 Å². The second kappa shape index (κ2) is 6.52. The maximum atomic E-state index is 12.9. The topological polar surface area (TPSA) is 57.7 Å². The number of sulfone groups is 1. The average Bonchev–Trinajstić information content (AvgIpc) is 2.59. The fourth-order valence-corrected chi connectivity index (χ4v) is 4.88. The molecular weight excluding hydrogens is 336 g/mol. The van der Waals surface area contributed by atoms with E-state index in [1.807, 2.05) is 29.2 Å². The normalized spacial score (nSPS) is 15.9. The fourth-order valence-electron chi connectivity index (χ4n) is 3.23. The van der Waals surface area contributed by atoms with Crippen LogP contribution in [-0.4, -0.2) is 39.4 Å². The van der Waals surface area contributed by atoms with Crippen LogP contribution in [0.5, 0.6) is 0 Å². The summed E-state index contributed by atoms with van der Waals surface area (Å²) >= 11 is 0. The van der Waals surface area contributed by atoms with Gasteiger partial charge in [0.25, 0.3) is 0 Å². The summed E-state index contributed by atoms with van der Waals surface area (Å²) in [6.07, 6.45) is 0. The minimum Gasteiger partial charge on any atom is -0.346 e. The van der Waals surface area contributed by atoms with E-state index in [0.717, 1.165) is 0 Å². The highest BCUT2D eigenvalue weighted by Gasteiger charge is 2.34. The zero-order valence-corrected chi connectivity index (χ0v) is 15.5. The molecule has 132 valence electrons. The van der Waals surface area contributed by atoms with E-state index in [9.17, 15) is 13.2 Å². The van der Waals surface area contributed by atoms with E-state index in [0.29, 0.717) is 34.3 Å². The van der Waals surface area contributed by atoms with Gasteiger partial charge in [0.05, 0.1) is 21.2 Å². The smallest absolute Gasteiger partial charge is 0.219 e. The maximum Gasteiger partial charge on any atom is 0.219 e. The first-order valence-electron chi connectivity index (χ1n) is 8.24. The molecule has 3 rings (SSSR count). The summed E-state index contributed by atoms with van der Waals surface area (Å²) in [4.78, 5) is 15.9. The molecule has 6 heteroatoms. The van der Waals surface area contributed by atoms with Gasteiger partial charge in [0.1, 0.15) is 0 Å². The predicted octanol–water partition coefficient (Wildman–Crippen LogP) is 3.09. The Labute approximate surface area is 148 Å². The molecule has 0 saturated heterocycles. The van der Waals surface area contributed by atoms with Crippen molar-refractivity contribution < 1.29 is 13.2 Å². The van der Waals surface area contributed by atoms with E-state index in [4.69, 9.17) is 0 Å². The standard InChI is InChI=1S/C19H22N2O3S/c1-14(12-20(3)15(2)22)13-21-16-8-4-6-10-18(16)25(23,24)19-11-7-5-9-17(19)21/h4-11,14H,12-13H2,1-3H3. The highest BCUT2D eigenvalue weighted by molar-refractivity contribution is 7.92. The molecule has 1 amide bonds. The number of carbonyl (C=O) groups excluding carboxylic acids is 1. The van der Waals surface area contributed by atoms with Gasteiger partial charge in [0.15, 0.2) is 0 Å². The molecule has 1 heterocycles. The Morgan fingerprint density at radius 3 is 2.00 bits per heavy atom. The number of hydrogen-bond acceptors (Lipinski definition) is 4. The van der Waals surface area contributed by atoms with Crippen molar-refractivity contribution in [3.8, 4) is 0 Å². The van der Waals surface area contributed by atoms with Crippen LogP contribution >= 0.6 is 0 Å². The highest BCUT2D eigenvalue weighted by atomic mass is 32.2. The fraction of sp³-hybridized carbons (Fsp3) is 0.316. The Bertz CT molecular complexity index is 855. The minimum absolute atomic E-state index is 0.0221. The van der Waals surface area contributed by atoms with Crippen molar-refractivity contribution in [1.29, 1.82) is 0 Å². The maximum absolute atomic E-state index is 12.9. The Morgan fingerprint density at radius 1 is 1.04 bits per heavy atom. The van der Waals surface area contributed by atoms with Crippen molar-refractivity contribution in [2.45, 2.75) is 23.6 Å². The first-order valence-corrected chi connectivity index (χ1v) is 9.73. The number of hydrogen-bond donors (Lipinski definition) is 0. The summed E-state index contributed by atoms with van der Waals surface area (Å²) in [6.45, 7) is 4.85. The molecule has 1 aliphatic heterocycles. The van der Waals surface area contributed by atoms with Crippen LogP contribution in [-0.2, 0) is 14.6 Å². The average molecular weight is 358 g/mol. The monoisotopic (exact) mass is 358 g/mol. The van der Waals surface area contributed by atoms with E-state index in [1.165, 1.54) is 0 Å². The molecule has 0 bridgehead atoms. The van der Waals surface area contributed by atoms with Gasteiger partial charge < -0.3 is 9.80 Å². The number of rotatable bonds is 4. The molecule has 0 aromatic heterocycles. The van der Waals surface area contributed by atoms with Crippen LogP contribution < -0.4 is 4.90 Å². The van der Waals surface area contributed by atoms with Crippen LogP contribution in [0.2, 0.25) is 0 Å². The zero-order chi connectivity index (χ0) is 18.2. The van der Waals surface area contributed by atoms with Gasteiger partial charge in [0.2, 0.25) is 15.7 Å². The van der Waals surface area contributed by atoms with Crippen LogP contribution in [0.4, 0.5) is 11.4 Å². The van der Waals surface area contributed by atoms with Gasteiger partial charge in [-0.1, -0.05) is 31.2 Å². The first-order chi connectivity index (χ1) is 11.8. The highest BCUT2D eigenvalue weighted by Crippen LogP contribution is 2.43. The molecule has 0 aliphatic carbocycles. The number of nitrogens with zero attached hydrogens (tertiary/aromatic N) is 2. The van der Waals surface area contributed by atoms with Gasteiger partial charge in [-0.3, -0.25) is 4.79 Å². The molecule has 2 aromatic rings. The molecule has 0 fully saturated rings. The lowest BCUT2D eigenvalue weighted by molar-refractivity contribution is -0.128. The predicted molar refractivity (Wildman–Crippen MR) is 97.8 cm³/mol. The van der Waals surface area contributed by atoms with Gasteiger partial charge in [-0.15, -0.1) is 0 Å². The van der Waals surface area contributed by atoms with Crippen molar-refractivity contribution >= 4 is 27.1 Å². The Kier molecular flexibility index (Phi) is 4.56. The van der Waals surface area contributed by atoms with Crippen molar-refractivity contribution in [2.24, 2.45) is 5.92 Å². The number of anilines is 2. The van der Waals surface area contributed by atoms with Gasteiger partial charge in [-0.05, 0) is 30.2 Å². The molecule has 0 saturated carbocycles. The lowest BCUT2D eigenvalue weighted by atomic mass is 10.1. The van der Waals surface area contributed by atoms with E-state index in [1.54, 1.807) is 43.1 Å². The zero-order valence-electron chi connectivity index (χ0n) is 14.6. The van der Waals surface area contributed by atoms with Crippen molar-refractivity contribution in [2.75, 3.05) is 25.0 Å². The largest absolute Gasteiger partial charge is 0.346 e. The lowest BCUT2D eigenvalue weighted by Gasteiger charge is -2.35. The van der Waals surface area contributed by atoms with Crippen LogP contribution in [0.25, 0.3) is 0 Å². The van der Waals surface area contributed by atoms with Gasteiger partial charge in [-0.25, -0.2) is 8.42 Å². The molecular formula is C19H22N2O3S. The van der Waals surface area contributed by atoms with E-state index >= 15 is 0 Å². The van der Waals surface area contributed by atoms with Crippen molar-refractivity contribution in [1.82, 2.24) is 4.90 Å². The molecule has 2 aromatic carbocycles. The number of benzene rings is 2. The van der Waals surface area contributed by atoms with Crippen molar-refractivity contribution in [3.63, 3.8) is 0 Å². The lowest BCUT2D eigenvalue weighted by Crippen LogP contribution is -2.36. The third-order valence-corrected chi connectivity index (χ3v) is 6.36. The number of para-hydroxylation sites is 2. The quantitative estimate of drug-likeness (QED) is 0.843. The van der Waals surface area contributed by atoms with E-state index in [2.05, 4.69) is 6.92 Å². The third kappa shape index (κ3) is 3.14. The van der Waals surface area contributed by atoms with E-state index in [-0.39, 0.29) is 11.8 Å². The third-order valence-electron chi connectivity index (χ3n) is 4.51. The van der Waals surface area contributed by atoms with Gasteiger partial charge >= 0.3 is 0 Å². The second-order valence-electron chi connectivity index (χ2n) is 6.55. The van der Waals surface area contributed by atoms with Gasteiger partial charge in [-0.2, -0.15) is 0 Å². The van der Waals surface area contributed by atoms with Gasteiger partial charge in [0, 0.05) is 27.1 Å². The Balaban J connectivity index is 2.02.